The van der Waals surface area contributed by atoms with E-state index < -0.39 is 34.8 Å². The van der Waals surface area contributed by atoms with Crippen LogP contribution in [0.15, 0.2) is 60.3 Å². The maximum absolute atomic E-state index is 14.5. The molecule has 5 rings (SSSR count). The Hall–Kier alpha value is -4.26. The van der Waals surface area contributed by atoms with Crippen LogP contribution in [0, 0.1) is 5.82 Å². The van der Waals surface area contributed by atoms with Gasteiger partial charge in [0.05, 0.1) is 34.6 Å². The van der Waals surface area contributed by atoms with Crippen LogP contribution in [0.3, 0.4) is 0 Å². The first kappa shape index (κ1) is 26.4. The first-order chi connectivity index (χ1) is 18.5. The summed E-state index contributed by atoms with van der Waals surface area (Å²) in [7, 11) is 1.57. The third-order valence-corrected chi connectivity index (χ3v) is 6.93. The van der Waals surface area contributed by atoms with Crippen LogP contribution < -0.4 is 15.4 Å². The third-order valence-electron chi connectivity index (χ3n) is 6.93. The Morgan fingerprint density at radius 2 is 2.00 bits per heavy atom. The van der Waals surface area contributed by atoms with Crippen LogP contribution in [0.1, 0.15) is 30.2 Å². The molecule has 204 valence electrons. The van der Waals surface area contributed by atoms with E-state index in [9.17, 15) is 27.2 Å². The van der Waals surface area contributed by atoms with Crippen molar-refractivity contribution in [2.45, 2.75) is 38.1 Å². The van der Waals surface area contributed by atoms with Gasteiger partial charge in [0.15, 0.2) is 5.82 Å². The number of allylic oxidation sites excluding steroid dienone is 1. The number of carbonyl (C=O) groups is 2. The van der Waals surface area contributed by atoms with Crippen molar-refractivity contribution < 1.29 is 31.9 Å². The van der Waals surface area contributed by atoms with Crippen LogP contribution in [0.4, 0.5) is 28.0 Å². The molecule has 2 aromatic rings. The number of urea groups is 1. The van der Waals surface area contributed by atoms with Crippen LogP contribution >= 0.6 is 0 Å². The molecule has 0 radical (unpaired) electrons. The van der Waals surface area contributed by atoms with Crippen LogP contribution in [-0.4, -0.2) is 50.8 Å². The number of aromatic nitrogens is 2. The molecule has 3 aliphatic rings. The van der Waals surface area contributed by atoms with E-state index >= 15 is 0 Å². The molecule has 3 heterocycles. The zero-order chi connectivity index (χ0) is 27.9. The van der Waals surface area contributed by atoms with Gasteiger partial charge in [0, 0.05) is 26.3 Å². The Morgan fingerprint density at radius 3 is 2.74 bits per heavy atom. The minimum atomic E-state index is -4.89. The van der Waals surface area contributed by atoms with Gasteiger partial charge in [-0.25, -0.2) is 19.2 Å². The quantitative estimate of drug-likeness (QED) is 0.550. The molecular formula is C26H24F4N6O3. The maximum atomic E-state index is 14.5. The fourth-order valence-electron chi connectivity index (χ4n) is 4.77. The van der Waals surface area contributed by atoms with Crippen molar-refractivity contribution in [2.75, 3.05) is 18.9 Å². The topological polar surface area (TPSA) is 99.7 Å². The molecule has 9 nitrogen and oxygen atoms in total. The minimum absolute atomic E-state index is 0.116. The zero-order valence-electron chi connectivity index (χ0n) is 21.0. The van der Waals surface area contributed by atoms with Gasteiger partial charge in [0.1, 0.15) is 12.1 Å². The molecule has 1 unspecified atom stereocenters. The second-order valence-electron chi connectivity index (χ2n) is 9.49. The van der Waals surface area contributed by atoms with Gasteiger partial charge in [0.2, 0.25) is 11.8 Å². The van der Waals surface area contributed by atoms with Crippen molar-refractivity contribution >= 4 is 17.6 Å². The summed E-state index contributed by atoms with van der Waals surface area (Å²) < 4.78 is 59.8. The van der Waals surface area contributed by atoms with Gasteiger partial charge in [-0.05, 0) is 49.3 Å². The van der Waals surface area contributed by atoms with E-state index in [4.69, 9.17) is 4.74 Å². The number of halogens is 4. The van der Waals surface area contributed by atoms with Gasteiger partial charge < -0.3 is 15.4 Å². The molecule has 0 saturated carbocycles. The Kier molecular flexibility index (Phi) is 6.62. The summed E-state index contributed by atoms with van der Waals surface area (Å²) in [6.45, 7) is 2.93. The number of rotatable bonds is 5. The summed E-state index contributed by atoms with van der Waals surface area (Å²) in [4.78, 5) is 36.6. The Morgan fingerprint density at radius 1 is 1.21 bits per heavy atom. The molecule has 0 saturated heterocycles. The van der Waals surface area contributed by atoms with Crippen molar-refractivity contribution in [3.05, 3.63) is 82.9 Å². The largest absolute Gasteiger partial charge is 0.439 e. The number of fused-ring (bicyclic) bond motifs is 2. The number of benzene rings is 1. The minimum Gasteiger partial charge on any atom is -0.439 e. The standard InChI is InChI=1S/C26H24F4N6O3/c1-25-8-6-16(39-23-17-11-35(13-21(37)31-2)12-20(17)32-14-33-23)10-15(25)7-9-36(25)24(38)34-19-5-3-4-18(22(19)27)26(28,29)30/h3-7,9-10,14H,8,11-13H2,1-2H3,(H,31,37)(H,34,38). The molecule has 1 atom stereocenters. The summed E-state index contributed by atoms with van der Waals surface area (Å²) in [6, 6.07) is 1.94. The average Bonchev–Trinajstić information content (AvgIpc) is 3.45. The van der Waals surface area contributed by atoms with E-state index in [2.05, 4.69) is 20.6 Å². The van der Waals surface area contributed by atoms with E-state index in [1.165, 1.54) is 17.4 Å². The number of likely N-dealkylation sites (N-methyl/N-ethyl adjacent to an activating group) is 1. The normalized spacial score (nSPS) is 20.2. The van der Waals surface area contributed by atoms with Gasteiger partial charge in [-0.2, -0.15) is 13.2 Å². The zero-order valence-corrected chi connectivity index (χ0v) is 21.0. The van der Waals surface area contributed by atoms with Crippen molar-refractivity contribution in [3.8, 4) is 5.88 Å². The van der Waals surface area contributed by atoms with Crippen LogP contribution in [0.5, 0.6) is 5.88 Å². The molecule has 2 N–H and O–H groups in total. The van der Waals surface area contributed by atoms with Gasteiger partial charge in [-0.1, -0.05) is 6.07 Å². The Balaban J connectivity index is 1.29. The highest BCUT2D eigenvalue weighted by atomic mass is 19.4. The fourth-order valence-corrected chi connectivity index (χ4v) is 4.77. The second-order valence-corrected chi connectivity index (χ2v) is 9.49. The Labute approximate surface area is 220 Å². The number of ether oxygens (including phenoxy) is 1. The van der Waals surface area contributed by atoms with Crippen molar-refractivity contribution in [1.82, 2.24) is 25.1 Å². The van der Waals surface area contributed by atoms with Gasteiger partial charge in [-0.3, -0.25) is 14.6 Å². The molecule has 1 aromatic heterocycles. The summed E-state index contributed by atoms with van der Waals surface area (Å²) in [5.74, 6) is -0.811. The molecule has 1 aliphatic carbocycles. The highest BCUT2D eigenvalue weighted by molar-refractivity contribution is 5.92. The second kappa shape index (κ2) is 9.80. The lowest BCUT2D eigenvalue weighted by Crippen LogP contribution is -2.47. The van der Waals surface area contributed by atoms with E-state index in [1.807, 2.05) is 4.90 Å². The summed E-state index contributed by atoms with van der Waals surface area (Å²) in [5, 5.41) is 4.85. The van der Waals surface area contributed by atoms with E-state index in [1.54, 1.807) is 32.2 Å². The van der Waals surface area contributed by atoms with E-state index in [0.717, 1.165) is 23.4 Å². The SMILES string of the molecule is CNC(=O)CN1Cc2ncnc(OC3=CCC4(C)C(=C3)C=CN4C(=O)Nc3cccc(C(F)(F)F)c3F)c2C1. The van der Waals surface area contributed by atoms with Gasteiger partial charge in [0.25, 0.3) is 0 Å². The average molecular weight is 545 g/mol. The smallest absolute Gasteiger partial charge is 0.419 e. The number of amides is 3. The maximum Gasteiger partial charge on any atom is 0.419 e. The number of nitrogens with one attached hydrogen (secondary N) is 2. The Bertz CT molecular complexity index is 1440. The number of nitrogens with zero attached hydrogens (tertiary/aromatic N) is 4. The van der Waals surface area contributed by atoms with Crippen LogP contribution in [-0.2, 0) is 24.1 Å². The van der Waals surface area contributed by atoms with Crippen LogP contribution in [0.2, 0.25) is 0 Å². The van der Waals surface area contributed by atoms with Crippen LogP contribution in [0.25, 0.3) is 0 Å². The van der Waals surface area contributed by atoms with E-state index in [-0.39, 0.29) is 12.5 Å². The highest BCUT2D eigenvalue weighted by Gasteiger charge is 2.42. The third kappa shape index (κ3) is 4.97. The number of hydrogen-bond donors (Lipinski definition) is 2. The summed E-state index contributed by atoms with van der Waals surface area (Å²) in [6.07, 6.45) is 3.51. The van der Waals surface area contributed by atoms with Crippen molar-refractivity contribution in [2.24, 2.45) is 0 Å². The predicted octanol–water partition coefficient (Wildman–Crippen LogP) is 4.11. The lowest BCUT2D eigenvalue weighted by atomic mass is 9.85. The van der Waals surface area contributed by atoms with E-state index in [0.29, 0.717) is 42.8 Å². The first-order valence-electron chi connectivity index (χ1n) is 12.0. The van der Waals surface area contributed by atoms with Crippen molar-refractivity contribution in [1.29, 1.82) is 0 Å². The molecule has 1 aromatic carbocycles. The monoisotopic (exact) mass is 544 g/mol. The molecule has 0 bridgehead atoms. The van der Waals surface area contributed by atoms with Gasteiger partial charge >= 0.3 is 12.2 Å². The number of anilines is 1. The lowest BCUT2D eigenvalue weighted by molar-refractivity contribution is -0.139. The fraction of sp³-hybridized carbons (Fsp3) is 0.308. The molecule has 13 heteroatoms. The lowest BCUT2D eigenvalue weighted by Gasteiger charge is -2.37. The van der Waals surface area contributed by atoms with Gasteiger partial charge in [-0.15, -0.1) is 0 Å². The summed E-state index contributed by atoms with van der Waals surface area (Å²) >= 11 is 0. The molecule has 0 spiro atoms. The molecule has 3 amide bonds. The number of hydrogen-bond acceptors (Lipinski definition) is 6. The molecular weight excluding hydrogens is 520 g/mol. The predicted molar refractivity (Wildman–Crippen MR) is 131 cm³/mol. The molecule has 2 aliphatic heterocycles. The summed E-state index contributed by atoms with van der Waals surface area (Å²) in [5.41, 5.74) is -0.635. The number of alkyl halides is 3. The first-order valence-corrected chi connectivity index (χ1v) is 12.0. The van der Waals surface area contributed by atoms with Crippen molar-refractivity contribution in [3.63, 3.8) is 0 Å². The highest BCUT2D eigenvalue weighted by Crippen LogP contribution is 2.41. The number of carbonyl (C=O) groups excluding carboxylic acids is 2. The molecule has 0 fully saturated rings. The molecule has 39 heavy (non-hydrogen) atoms.